The summed E-state index contributed by atoms with van der Waals surface area (Å²) in [6.45, 7) is 0. The van der Waals surface area contributed by atoms with Crippen molar-refractivity contribution in [3.63, 3.8) is 0 Å². The van der Waals surface area contributed by atoms with Crippen molar-refractivity contribution in [2.75, 3.05) is 0 Å². The van der Waals surface area contributed by atoms with Crippen molar-refractivity contribution in [2.24, 2.45) is 5.73 Å². The number of hydrogen-bond acceptors (Lipinski definition) is 2. The van der Waals surface area contributed by atoms with Gasteiger partial charge in [-0.1, -0.05) is 12.1 Å². The molecule has 1 aromatic carbocycles. The van der Waals surface area contributed by atoms with Crippen molar-refractivity contribution < 1.29 is 17.9 Å². The van der Waals surface area contributed by atoms with E-state index in [1.54, 1.807) is 0 Å². The molecule has 1 aliphatic carbocycles. The van der Waals surface area contributed by atoms with Gasteiger partial charge in [0, 0.05) is 0 Å². The summed E-state index contributed by atoms with van der Waals surface area (Å²) in [5.74, 6) is 0.598. The Morgan fingerprint density at radius 3 is 2.19 bits per heavy atom. The Morgan fingerprint density at radius 2 is 1.75 bits per heavy atom. The molecule has 1 saturated carbocycles. The highest BCUT2D eigenvalue weighted by molar-refractivity contribution is 5.30. The van der Waals surface area contributed by atoms with E-state index in [2.05, 4.69) is 0 Å². The first-order valence-electron chi connectivity index (χ1n) is 5.06. The van der Waals surface area contributed by atoms with Crippen LogP contribution in [0.2, 0.25) is 0 Å². The molecule has 0 aromatic heterocycles. The zero-order chi connectivity index (χ0) is 11.8. The van der Waals surface area contributed by atoms with Crippen LogP contribution in [0.5, 0.6) is 5.75 Å². The Morgan fingerprint density at radius 1 is 1.19 bits per heavy atom. The lowest BCUT2D eigenvalue weighted by atomic mass is 10.1. The summed E-state index contributed by atoms with van der Waals surface area (Å²) in [5.41, 5.74) is 5.12. The number of nitrogens with two attached hydrogens (primary N) is 1. The molecule has 2 N–H and O–H groups in total. The lowest BCUT2D eigenvalue weighted by molar-refractivity contribution is -0.149. The minimum atomic E-state index is -4.40. The van der Waals surface area contributed by atoms with Gasteiger partial charge in [0.1, 0.15) is 11.8 Å². The first-order valence-corrected chi connectivity index (χ1v) is 5.06. The lowest BCUT2D eigenvalue weighted by Gasteiger charge is -2.16. The maximum Gasteiger partial charge on any atom is 0.407 e. The quantitative estimate of drug-likeness (QED) is 0.868. The molecule has 0 bridgehead atoms. The van der Waals surface area contributed by atoms with Gasteiger partial charge >= 0.3 is 6.18 Å². The van der Waals surface area contributed by atoms with Crippen LogP contribution in [0.1, 0.15) is 24.4 Å². The van der Waals surface area contributed by atoms with Crippen LogP contribution >= 0.6 is 0 Å². The summed E-state index contributed by atoms with van der Waals surface area (Å²) in [6, 6.07) is 3.84. The molecule has 88 valence electrons. The lowest BCUT2D eigenvalue weighted by Crippen LogP contribution is -2.28. The van der Waals surface area contributed by atoms with Crippen molar-refractivity contribution >= 4 is 0 Å². The first-order chi connectivity index (χ1) is 7.47. The van der Waals surface area contributed by atoms with Gasteiger partial charge in [0.15, 0.2) is 0 Å². The van der Waals surface area contributed by atoms with Gasteiger partial charge in [-0.3, -0.25) is 0 Å². The number of alkyl halides is 3. The summed E-state index contributed by atoms with van der Waals surface area (Å²) < 4.78 is 42.3. The molecule has 0 heterocycles. The van der Waals surface area contributed by atoms with Crippen molar-refractivity contribution in [1.29, 1.82) is 0 Å². The van der Waals surface area contributed by atoms with E-state index in [1.807, 2.05) is 0 Å². The maximum absolute atomic E-state index is 12.3. The van der Waals surface area contributed by atoms with Gasteiger partial charge in [-0.2, -0.15) is 13.2 Å². The summed E-state index contributed by atoms with van der Waals surface area (Å²) >= 11 is 0. The molecule has 1 fully saturated rings. The Balaban J connectivity index is 2.05. The number of hydrogen-bond donors (Lipinski definition) is 1. The molecule has 16 heavy (non-hydrogen) atoms. The van der Waals surface area contributed by atoms with Gasteiger partial charge in [0.05, 0.1) is 6.10 Å². The van der Waals surface area contributed by atoms with E-state index in [9.17, 15) is 13.2 Å². The Bertz CT molecular complexity index is 356. The van der Waals surface area contributed by atoms with Gasteiger partial charge in [-0.25, -0.2) is 0 Å². The van der Waals surface area contributed by atoms with E-state index < -0.39 is 12.2 Å². The molecule has 0 saturated heterocycles. The van der Waals surface area contributed by atoms with E-state index in [0.717, 1.165) is 12.8 Å². The second kappa shape index (κ2) is 3.97. The van der Waals surface area contributed by atoms with Crippen LogP contribution in [-0.2, 0) is 0 Å². The number of benzene rings is 1. The van der Waals surface area contributed by atoms with Gasteiger partial charge in [0.2, 0.25) is 0 Å². The summed E-state index contributed by atoms with van der Waals surface area (Å²) in [7, 11) is 0. The predicted octanol–water partition coefficient (Wildman–Crippen LogP) is 2.79. The fraction of sp³-hybridized carbons (Fsp3) is 0.455. The number of ether oxygens (including phenoxy) is 1. The Labute approximate surface area is 91.2 Å². The predicted molar refractivity (Wildman–Crippen MR) is 53.1 cm³/mol. The SMILES string of the molecule is NC(c1ccc(OC2CC2)cc1)C(F)(F)F. The van der Waals surface area contributed by atoms with Crippen molar-refractivity contribution in [1.82, 2.24) is 0 Å². The molecule has 0 aliphatic heterocycles. The van der Waals surface area contributed by atoms with Crippen LogP contribution in [0, 0.1) is 0 Å². The average Bonchev–Trinajstić information content (AvgIpc) is 3.00. The van der Waals surface area contributed by atoms with Crippen LogP contribution in [0.25, 0.3) is 0 Å². The highest BCUT2D eigenvalue weighted by atomic mass is 19.4. The normalized spacial score (nSPS) is 18.2. The number of halogens is 3. The zero-order valence-corrected chi connectivity index (χ0v) is 8.50. The summed E-state index contributed by atoms with van der Waals surface area (Å²) in [4.78, 5) is 0. The van der Waals surface area contributed by atoms with Crippen molar-refractivity contribution in [3.8, 4) is 5.75 Å². The monoisotopic (exact) mass is 231 g/mol. The fourth-order valence-electron chi connectivity index (χ4n) is 1.32. The average molecular weight is 231 g/mol. The smallest absolute Gasteiger partial charge is 0.407 e. The highest BCUT2D eigenvalue weighted by Gasteiger charge is 2.37. The molecule has 2 nitrogen and oxygen atoms in total. The second-order valence-corrected chi connectivity index (χ2v) is 3.91. The molecule has 0 radical (unpaired) electrons. The largest absolute Gasteiger partial charge is 0.490 e. The number of rotatable bonds is 3. The maximum atomic E-state index is 12.3. The first kappa shape index (κ1) is 11.3. The molecule has 1 aliphatic rings. The summed E-state index contributed by atoms with van der Waals surface area (Å²) in [5, 5.41) is 0. The minimum Gasteiger partial charge on any atom is -0.490 e. The topological polar surface area (TPSA) is 35.2 Å². The zero-order valence-electron chi connectivity index (χ0n) is 8.50. The van der Waals surface area contributed by atoms with E-state index >= 15 is 0 Å². The molecule has 5 heteroatoms. The Hall–Kier alpha value is -1.23. The van der Waals surface area contributed by atoms with Crippen LogP contribution in [-0.4, -0.2) is 12.3 Å². The third-order valence-electron chi connectivity index (χ3n) is 2.42. The van der Waals surface area contributed by atoms with Crippen LogP contribution in [0.4, 0.5) is 13.2 Å². The second-order valence-electron chi connectivity index (χ2n) is 3.91. The highest BCUT2D eigenvalue weighted by Crippen LogP contribution is 2.32. The van der Waals surface area contributed by atoms with Crippen LogP contribution < -0.4 is 10.5 Å². The minimum absolute atomic E-state index is 0.0515. The van der Waals surface area contributed by atoms with Crippen molar-refractivity contribution in [3.05, 3.63) is 29.8 Å². The molecule has 2 rings (SSSR count). The molecule has 0 spiro atoms. The van der Waals surface area contributed by atoms with E-state index in [0.29, 0.717) is 5.75 Å². The Kier molecular flexibility index (Phi) is 2.80. The third kappa shape index (κ3) is 2.66. The molecular weight excluding hydrogens is 219 g/mol. The van der Waals surface area contributed by atoms with Gasteiger partial charge < -0.3 is 10.5 Å². The molecular formula is C11H12F3NO. The molecule has 0 amide bonds. The summed E-state index contributed by atoms with van der Waals surface area (Å²) in [6.07, 6.45) is -2.13. The van der Waals surface area contributed by atoms with E-state index in [4.69, 9.17) is 10.5 Å². The van der Waals surface area contributed by atoms with Gasteiger partial charge in [-0.05, 0) is 30.5 Å². The molecule has 1 aromatic rings. The van der Waals surface area contributed by atoms with Crippen molar-refractivity contribution in [2.45, 2.75) is 31.2 Å². The van der Waals surface area contributed by atoms with Crippen LogP contribution in [0.15, 0.2) is 24.3 Å². The third-order valence-corrected chi connectivity index (χ3v) is 2.42. The standard InChI is InChI=1S/C11H12F3NO/c12-11(13,14)10(15)7-1-3-8(4-2-7)16-9-5-6-9/h1-4,9-10H,5-6,15H2. The van der Waals surface area contributed by atoms with E-state index in [-0.39, 0.29) is 11.7 Å². The van der Waals surface area contributed by atoms with Gasteiger partial charge in [-0.15, -0.1) is 0 Å². The molecule has 1 atom stereocenters. The molecule has 1 unspecified atom stereocenters. The van der Waals surface area contributed by atoms with Crippen LogP contribution in [0.3, 0.4) is 0 Å². The van der Waals surface area contributed by atoms with E-state index in [1.165, 1.54) is 24.3 Å². The fourth-order valence-corrected chi connectivity index (χ4v) is 1.32. The van der Waals surface area contributed by atoms with Gasteiger partial charge in [0.25, 0.3) is 0 Å².